The Balaban J connectivity index is 1.95. The zero-order valence-electron chi connectivity index (χ0n) is 16.5. The summed E-state index contributed by atoms with van der Waals surface area (Å²) in [5.41, 5.74) is 5.09. The standard InChI is InChI=1S/C25H30O2/c1-4-5-9-24(26)21-12-13-25(27)23(16-21)20-11-10-18(3)22(15-20)19-8-6-7-17(2)14-19/h4,10-13,15-17,19,27H,1,5-9,14H2,2-3H3. The second-order valence-corrected chi connectivity index (χ2v) is 8.02. The molecule has 1 fully saturated rings. The van der Waals surface area contributed by atoms with E-state index in [1.54, 1.807) is 18.2 Å². The van der Waals surface area contributed by atoms with Crippen molar-refractivity contribution in [3.05, 3.63) is 65.7 Å². The van der Waals surface area contributed by atoms with Crippen LogP contribution in [0.15, 0.2) is 49.1 Å². The topological polar surface area (TPSA) is 37.3 Å². The van der Waals surface area contributed by atoms with Gasteiger partial charge >= 0.3 is 0 Å². The van der Waals surface area contributed by atoms with E-state index in [1.807, 2.05) is 6.07 Å². The number of rotatable bonds is 6. The summed E-state index contributed by atoms with van der Waals surface area (Å²) in [5, 5.41) is 10.4. The van der Waals surface area contributed by atoms with E-state index in [2.05, 4.69) is 38.6 Å². The first kappa shape index (κ1) is 19.4. The van der Waals surface area contributed by atoms with Crippen molar-refractivity contribution in [3.8, 4) is 16.9 Å². The fourth-order valence-electron chi connectivity index (χ4n) is 4.28. The van der Waals surface area contributed by atoms with Gasteiger partial charge in [0, 0.05) is 17.5 Å². The number of aryl methyl sites for hydroxylation is 1. The van der Waals surface area contributed by atoms with Crippen molar-refractivity contribution >= 4 is 5.78 Å². The minimum absolute atomic E-state index is 0.0876. The number of aromatic hydroxyl groups is 1. The van der Waals surface area contributed by atoms with E-state index in [9.17, 15) is 9.90 Å². The first-order valence-electron chi connectivity index (χ1n) is 10.1. The van der Waals surface area contributed by atoms with E-state index in [0.717, 1.165) is 17.0 Å². The molecule has 1 aliphatic rings. The predicted octanol–water partition coefficient (Wildman–Crippen LogP) is 6.81. The number of phenolic OH excluding ortho intramolecular Hbond substituents is 1. The molecule has 2 atom stereocenters. The number of carbonyl (C=O) groups excluding carboxylic acids is 1. The van der Waals surface area contributed by atoms with Crippen LogP contribution in [0.25, 0.3) is 11.1 Å². The average Bonchev–Trinajstić information content (AvgIpc) is 2.67. The second kappa shape index (κ2) is 8.56. The maximum atomic E-state index is 12.4. The van der Waals surface area contributed by atoms with Crippen molar-refractivity contribution in [1.82, 2.24) is 0 Å². The van der Waals surface area contributed by atoms with Gasteiger partial charge in [0.1, 0.15) is 5.75 Å². The van der Waals surface area contributed by atoms with Crippen LogP contribution in [-0.4, -0.2) is 10.9 Å². The molecule has 2 heteroatoms. The average molecular weight is 363 g/mol. The molecule has 0 spiro atoms. The SMILES string of the molecule is C=CCCC(=O)c1ccc(O)c(-c2ccc(C)c(C3CCCC(C)C3)c2)c1. The molecule has 1 N–H and O–H groups in total. The van der Waals surface area contributed by atoms with Crippen molar-refractivity contribution in [2.45, 2.75) is 58.3 Å². The van der Waals surface area contributed by atoms with Gasteiger partial charge in [-0.25, -0.2) is 0 Å². The summed E-state index contributed by atoms with van der Waals surface area (Å²) in [5.74, 6) is 1.67. The molecule has 2 nitrogen and oxygen atoms in total. The summed E-state index contributed by atoms with van der Waals surface area (Å²) in [6.45, 7) is 8.20. The van der Waals surface area contributed by atoms with Crippen LogP contribution in [-0.2, 0) is 0 Å². The Bertz CT molecular complexity index is 834. The zero-order chi connectivity index (χ0) is 19.4. The van der Waals surface area contributed by atoms with Gasteiger partial charge in [-0.15, -0.1) is 6.58 Å². The van der Waals surface area contributed by atoms with E-state index < -0.39 is 0 Å². The van der Waals surface area contributed by atoms with Gasteiger partial charge in [-0.2, -0.15) is 0 Å². The lowest BCUT2D eigenvalue weighted by Gasteiger charge is -2.28. The Kier molecular flexibility index (Phi) is 6.15. The predicted molar refractivity (Wildman–Crippen MR) is 112 cm³/mol. The van der Waals surface area contributed by atoms with E-state index >= 15 is 0 Å². The summed E-state index contributed by atoms with van der Waals surface area (Å²) in [7, 11) is 0. The normalized spacial score (nSPS) is 19.6. The molecule has 3 rings (SSSR count). The quantitative estimate of drug-likeness (QED) is 0.452. The van der Waals surface area contributed by atoms with Crippen molar-refractivity contribution in [3.63, 3.8) is 0 Å². The third-order valence-corrected chi connectivity index (χ3v) is 5.86. The Labute approximate surface area is 162 Å². The van der Waals surface area contributed by atoms with Gasteiger partial charge < -0.3 is 5.11 Å². The molecule has 2 aromatic carbocycles. The van der Waals surface area contributed by atoms with Crippen molar-refractivity contribution in [2.75, 3.05) is 0 Å². The monoisotopic (exact) mass is 362 g/mol. The van der Waals surface area contributed by atoms with Crippen LogP contribution < -0.4 is 0 Å². The van der Waals surface area contributed by atoms with E-state index in [-0.39, 0.29) is 11.5 Å². The molecule has 2 unspecified atom stereocenters. The lowest BCUT2D eigenvalue weighted by atomic mass is 9.77. The van der Waals surface area contributed by atoms with Crippen LogP contribution in [0.3, 0.4) is 0 Å². The van der Waals surface area contributed by atoms with Crippen LogP contribution in [0.4, 0.5) is 0 Å². The van der Waals surface area contributed by atoms with Gasteiger partial charge in [0.15, 0.2) is 5.78 Å². The van der Waals surface area contributed by atoms with E-state index in [0.29, 0.717) is 24.3 Å². The highest BCUT2D eigenvalue weighted by atomic mass is 16.3. The molecular formula is C25H30O2. The number of allylic oxidation sites excluding steroid dienone is 1. The molecule has 0 aromatic heterocycles. The Morgan fingerprint density at radius 2 is 2.04 bits per heavy atom. The van der Waals surface area contributed by atoms with Gasteiger partial charge in [0.25, 0.3) is 0 Å². The molecule has 1 saturated carbocycles. The fraction of sp³-hybridized carbons (Fsp3) is 0.400. The third-order valence-electron chi connectivity index (χ3n) is 5.86. The molecule has 27 heavy (non-hydrogen) atoms. The number of carbonyl (C=O) groups is 1. The maximum Gasteiger partial charge on any atom is 0.163 e. The summed E-state index contributed by atoms with van der Waals surface area (Å²) in [6, 6.07) is 11.6. The van der Waals surface area contributed by atoms with Crippen molar-refractivity contribution in [1.29, 1.82) is 0 Å². The van der Waals surface area contributed by atoms with Gasteiger partial charge in [0.05, 0.1) is 0 Å². The fourth-order valence-corrected chi connectivity index (χ4v) is 4.28. The summed E-state index contributed by atoms with van der Waals surface area (Å²) in [6.07, 6.45) is 7.96. The number of Topliss-reactive ketones (excluding diaryl/α,β-unsaturated/α-hetero) is 1. The molecule has 1 aliphatic carbocycles. The number of phenols is 1. The minimum atomic E-state index is 0.0876. The van der Waals surface area contributed by atoms with Crippen LogP contribution >= 0.6 is 0 Å². The lowest BCUT2D eigenvalue weighted by Crippen LogP contribution is -2.12. The largest absolute Gasteiger partial charge is 0.507 e. The Morgan fingerprint density at radius 3 is 2.78 bits per heavy atom. The minimum Gasteiger partial charge on any atom is -0.507 e. The first-order valence-corrected chi connectivity index (χ1v) is 10.1. The van der Waals surface area contributed by atoms with Crippen LogP contribution in [0.5, 0.6) is 5.75 Å². The molecule has 0 heterocycles. The molecule has 142 valence electrons. The molecule has 0 aliphatic heterocycles. The molecular weight excluding hydrogens is 332 g/mol. The molecule has 0 bridgehead atoms. The summed E-state index contributed by atoms with van der Waals surface area (Å²) >= 11 is 0. The highest BCUT2D eigenvalue weighted by molar-refractivity contribution is 5.97. The molecule has 0 saturated heterocycles. The van der Waals surface area contributed by atoms with Gasteiger partial charge in [0.2, 0.25) is 0 Å². The first-order chi connectivity index (χ1) is 13.0. The highest BCUT2D eigenvalue weighted by Gasteiger charge is 2.22. The van der Waals surface area contributed by atoms with Gasteiger partial charge in [-0.1, -0.05) is 44.0 Å². The summed E-state index contributed by atoms with van der Waals surface area (Å²) in [4.78, 5) is 12.4. The van der Waals surface area contributed by atoms with Crippen LogP contribution in [0.2, 0.25) is 0 Å². The van der Waals surface area contributed by atoms with Crippen LogP contribution in [0.1, 0.15) is 72.9 Å². The smallest absolute Gasteiger partial charge is 0.163 e. The van der Waals surface area contributed by atoms with Crippen molar-refractivity contribution < 1.29 is 9.90 Å². The number of hydrogen-bond donors (Lipinski definition) is 1. The van der Waals surface area contributed by atoms with Crippen molar-refractivity contribution in [2.24, 2.45) is 5.92 Å². The maximum absolute atomic E-state index is 12.4. The van der Waals surface area contributed by atoms with Crippen LogP contribution in [0, 0.1) is 12.8 Å². The van der Waals surface area contributed by atoms with Gasteiger partial charge in [-0.3, -0.25) is 4.79 Å². The second-order valence-electron chi connectivity index (χ2n) is 8.02. The Morgan fingerprint density at radius 1 is 1.22 bits per heavy atom. The molecule has 0 radical (unpaired) electrons. The Hall–Kier alpha value is -2.35. The number of ketones is 1. The molecule has 0 amide bonds. The highest BCUT2D eigenvalue weighted by Crippen LogP contribution is 2.40. The third kappa shape index (κ3) is 4.50. The zero-order valence-corrected chi connectivity index (χ0v) is 16.5. The number of hydrogen-bond acceptors (Lipinski definition) is 2. The molecule has 2 aromatic rings. The lowest BCUT2D eigenvalue weighted by molar-refractivity contribution is 0.0983. The summed E-state index contributed by atoms with van der Waals surface area (Å²) < 4.78 is 0. The van der Waals surface area contributed by atoms with E-state index in [4.69, 9.17) is 0 Å². The van der Waals surface area contributed by atoms with Gasteiger partial charge in [-0.05, 0) is 72.9 Å². The number of benzene rings is 2. The van der Waals surface area contributed by atoms with E-state index in [1.165, 1.54) is 36.8 Å².